The minimum atomic E-state index is 0.225. The van der Waals surface area contributed by atoms with E-state index >= 15 is 0 Å². The van der Waals surface area contributed by atoms with Crippen LogP contribution in [0.2, 0.25) is 0 Å². The van der Waals surface area contributed by atoms with Crippen molar-refractivity contribution in [1.29, 1.82) is 0 Å². The molecule has 0 rings (SSSR count). The molecule has 0 aromatic rings. The molecule has 1 heteroatoms. The number of allylic oxidation sites excluding steroid dienone is 1. The summed E-state index contributed by atoms with van der Waals surface area (Å²) >= 11 is 0. The van der Waals surface area contributed by atoms with E-state index in [0.29, 0.717) is 6.42 Å². The van der Waals surface area contributed by atoms with Gasteiger partial charge in [-0.1, -0.05) is 25.8 Å². The van der Waals surface area contributed by atoms with Crippen molar-refractivity contribution in [2.24, 2.45) is 0 Å². The van der Waals surface area contributed by atoms with Crippen molar-refractivity contribution in [2.75, 3.05) is 6.61 Å². The monoisotopic (exact) mass is 127 g/mol. The summed E-state index contributed by atoms with van der Waals surface area (Å²) in [6, 6.07) is 0. The number of hydrogen-bond acceptors (Lipinski definition) is 1. The zero-order valence-electron chi connectivity index (χ0n) is 6.06. The topological polar surface area (TPSA) is 20.2 Å². The Morgan fingerprint density at radius 3 is 2.89 bits per heavy atom. The Hall–Kier alpha value is -0.300. The van der Waals surface area contributed by atoms with Crippen molar-refractivity contribution in [2.45, 2.75) is 32.6 Å². The maximum Gasteiger partial charge on any atom is 0.0471 e. The van der Waals surface area contributed by atoms with Crippen LogP contribution in [0.3, 0.4) is 0 Å². The van der Waals surface area contributed by atoms with Gasteiger partial charge in [0.25, 0.3) is 0 Å². The highest BCUT2D eigenvalue weighted by Crippen LogP contribution is 1.94. The van der Waals surface area contributed by atoms with Gasteiger partial charge in [0.1, 0.15) is 0 Å². The van der Waals surface area contributed by atoms with E-state index in [1.54, 1.807) is 0 Å². The van der Waals surface area contributed by atoms with E-state index in [2.05, 4.69) is 13.0 Å². The molecular formula is C8H15O. The minimum absolute atomic E-state index is 0.225. The molecule has 0 heterocycles. The molecule has 0 aliphatic heterocycles. The van der Waals surface area contributed by atoms with E-state index in [4.69, 9.17) is 5.11 Å². The first-order valence-corrected chi connectivity index (χ1v) is 3.57. The van der Waals surface area contributed by atoms with Crippen LogP contribution in [0, 0.1) is 6.08 Å². The maximum atomic E-state index is 8.34. The van der Waals surface area contributed by atoms with Gasteiger partial charge < -0.3 is 5.11 Å². The fourth-order valence-electron chi connectivity index (χ4n) is 0.575. The van der Waals surface area contributed by atoms with Crippen LogP contribution < -0.4 is 0 Å². The molecule has 0 unspecified atom stereocenters. The van der Waals surface area contributed by atoms with Crippen molar-refractivity contribution < 1.29 is 5.11 Å². The zero-order valence-corrected chi connectivity index (χ0v) is 6.06. The van der Waals surface area contributed by atoms with Gasteiger partial charge in [-0.05, 0) is 18.9 Å². The average Bonchev–Trinajstić information content (AvgIpc) is 1.89. The normalized spacial score (nSPS) is 10.9. The van der Waals surface area contributed by atoms with Crippen LogP contribution in [0.4, 0.5) is 0 Å². The van der Waals surface area contributed by atoms with Gasteiger partial charge in [0.05, 0.1) is 0 Å². The smallest absolute Gasteiger partial charge is 0.0471 e. The zero-order chi connectivity index (χ0) is 6.95. The van der Waals surface area contributed by atoms with Crippen LogP contribution in [-0.2, 0) is 0 Å². The average molecular weight is 127 g/mol. The van der Waals surface area contributed by atoms with Gasteiger partial charge in [-0.25, -0.2) is 0 Å². The Labute approximate surface area is 57.4 Å². The molecule has 0 bridgehead atoms. The summed E-state index contributed by atoms with van der Waals surface area (Å²) in [6.45, 7) is 2.39. The number of aliphatic hydroxyl groups is 1. The highest BCUT2D eigenvalue weighted by atomic mass is 16.2. The summed E-state index contributed by atoms with van der Waals surface area (Å²) in [7, 11) is 0. The minimum Gasteiger partial charge on any atom is -0.396 e. The highest BCUT2D eigenvalue weighted by Gasteiger charge is 1.77. The first kappa shape index (κ1) is 8.70. The van der Waals surface area contributed by atoms with Crippen molar-refractivity contribution in [3.63, 3.8) is 0 Å². The molecule has 0 aliphatic rings. The molecule has 53 valence electrons. The Bertz CT molecular complexity index is 67.0. The van der Waals surface area contributed by atoms with E-state index < -0.39 is 0 Å². The van der Waals surface area contributed by atoms with E-state index in [-0.39, 0.29) is 6.61 Å². The van der Waals surface area contributed by atoms with Gasteiger partial charge in [-0.3, -0.25) is 0 Å². The lowest BCUT2D eigenvalue weighted by atomic mass is 10.2. The lowest BCUT2D eigenvalue weighted by Gasteiger charge is -1.86. The third kappa shape index (κ3) is 7.70. The van der Waals surface area contributed by atoms with Gasteiger partial charge in [0.2, 0.25) is 0 Å². The standard InChI is InChI=1S/C8H15O/c1-2-3-4-5-6-7-8-9/h5,9H,2-4,7-8H2,1H3. The summed E-state index contributed by atoms with van der Waals surface area (Å²) in [5.41, 5.74) is 0. The van der Waals surface area contributed by atoms with Crippen LogP contribution in [-0.4, -0.2) is 11.7 Å². The molecule has 1 N–H and O–H groups in total. The Morgan fingerprint density at radius 1 is 1.56 bits per heavy atom. The van der Waals surface area contributed by atoms with E-state index in [1.165, 1.54) is 12.8 Å². The molecule has 0 spiro atoms. The predicted molar refractivity (Wildman–Crippen MR) is 39.0 cm³/mol. The molecule has 0 aliphatic carbocycles. The fraction of sp³-hybridized carbons (Fsp3) is 0.750. The van der Waals surface area contributed by atoms with Gasteiger partial charge in [0, 0.05) is 6.61 Å². The highest BCUT2D eigenvalue weighted by molar-refractivity contribution is 4.72. The lowest BCUT2D eigenvalue weighted by molar-refractivity contribution is 0.300. The first-order valence-electron chi connectivity index (χ1n) is 3.57. The maximum absolute atomic E-state index is 8.34. The van der Waals surface area contributed by atoms with Gasteiger partial charge in [-0.2, -0.15) is 0 Å². The van der Waals surface area contributed by atoms with Crippen molar-refractivity contribution in [1.82, 2.24) is 0 Å². The second kappa shape index (κ2) is 7.70. The van der Waals surface area contributed by atoms with Crippen molar-refractivity contribution >= 4 is 0 Å². The molecule has 0 atom stereocenters. The second-order valence-electron chi connectivity index (χ2n) is 2.02. The molecular weight excluding hydrogens is 112 g/mol. The summed E-state index contributed by atoms with van der Waals surface area (Å²) in [6.07, 6.45) is 9.27. The molecule has 1 nitrogen and oxygen atoms in total. The lowest BCUT2D eigenvalue weighted by Crippen LogP contribution is -1.76. The van der Waals surface area contributed by atoms with E-state index in [9.17, 15) is 0 Å². The first-order chi connectivity index (χ1) is 4.41. The molecule has 0 aromatic heterocycles. The Kier molecular flexibility index (Phi) is 7.44. The number of unbranched alkanes of at least 4 members (excludes halogenated alkanes) is 2. The Balaban J connectivity index is 2.86. The van der Waals surface area contributed by atoms with Crippen LogP contribution >= 0.6 is 0 Å². The molecule has 0 saturated heterocycles. The summed E-state index contributed by atoms with van der Waals surface area (Å²) in [4.78, 5) is 0. The molecule has 0 fully saturated rings. The van der Waals surface area contributed by atoms with E-state index in [0.717, 1.165) is 6.42 Å². The fourth-order valence-corrected chi connectivity index (χ4v) is 0.575. The Morgan fingerprint density at radius 2 is 2.33 bits per heavy atom. The largest absolute Gasteiger partial charge is 0.396 e. The number of hydrogen-bond donors (Lipinski definition) is 1. The molecule has 9 heavy (non-hydrogen) atoms. The van der Waals surface area contributed by atoms with Crippen molar-refractivity contribution in [3.8, 4) is 0 Å². The molecule has 0 aromatic carbocycles. The number of rotatable bonds is 5. The summed E-state index contributed by atoms with van der Waals surface area (Å²) in [5, 5.41) is 8.34. The predicted octanol–water partition coefficient (Wildman–Crippen LogP) is 1.92. The van der Waals surface area contributed by atoms with Crippen LogP contribution in [0.5, 0.6) is 0 Å². The third-order valence-electron chi connectivity index (χ3n) is 1.10. The van der Waals surface area contributed by atoms with Crippen molar-refractivity contribution in [3.05, 3.63) is 12.2 Å². The second-order valence-corrected chi connectivity index (χ2v) is 2.02. The SMILES string of the molecule is CCCC/C=[C]/CCO. The van der Waals surface area contributed by atoms with Gasteiger partial charge >= 0.3 is 0 Å². The quantitative estimate of drug-likeness (QED) is 0.559. The van der Waals surface area contributed by atoms with Crippen LogP contribution in [0.15, 0.2) is 6.08 Å². The van der Waals surface area contributed by atoms with Gasteiger partial charge in [-0.15, -0.1) is 0 Å². The summed E-state index contributed by atoms with van der Waals surface area (Å²) < 4.78 is 0. The van der Waals surface area contributed by atoms with E-state index in [1.807, 2.05) is 6.08 Å². The molecule has 0 amide bonds. The van der Waals surface area contributed by atoms with Crippen LogP contribution in [0.25, 0.3) is 0 Å². The van der Waals surface area contributed by atoms with Gasteiger partial charge in [0.15, 0.2) is 0 Å². The third-order valence-corrected chi connectivity index (χ3v) is 1.10. The van der Waals surface area contributed by atoms with Crippen LogP contribution in [0.1, 0.15) is 32.6 Å². The number of aliphatic hydroxyl groups excluding tert-OH is 1. The summed E-state index contributed by atoms with van der Waals surface area (Å²) in [5.74, 6) is 0. The molecule has 0 saturated carbocycles. The molecule has 1 radical (unpaired) electrons.